The maximum Gasteiger partial charge on any atom is 0.573 e. The van der Waals surface area contributed by atoms with E-state index in [9.17, 15) is 18.0 Å². The second-order valence-electron chi connectivity index (χ2n) is 6.58. The average molecular weight is 410 g/mol. The smallest absolute Gasteiger partial charge is 0.486 e. The lowest BCUT2D eigenvalue weighted by atomic mass is 10.2. The molecule has 0 atom stereocenters. The standard InChI is InChI=1S/C20H21F3N2O4/c1-25(12-14-6-7-17-18(10-14)28-9-8-27-17)13-19(26)24-11-15-4-2-3-5-16(15)29-20(21,22)23/h2-7,10H,8-9,11-13H2,1H3,(H,24,26). The fourth-order valence-electron chi connectivity index (χ4n) is 2.92. The molecule has 0 aliphatic carbocycles. The first-order chi connectivity index (χ1) is 13.8. The van der Waals surface area contributed by atoms with Crippen molar-refractivity contribution in [3.63, 3.8) is 0 Å². The number of carbonyl (C=O) groups is 1. The van der Waals surface area contributed by atoms with Gasteiger partial charge in [-0.1, -0.05) is 24.3 Å². The van der Waals surface area contributed by atoms with E-state index < -0.39 is 6.36 Å². The van der Waals surface area contributed by atoms with E-state index in [2.05, 4.69) is 10.1 Å². The molecule has 3 rings (SSSR count). The molecule has 0 spiro atoms. The van der Waals surface area contributed by atoms with Crippen LogP contribution in [0.5, 0.6) is 17.2 Å². The van der Waals surface area contributed by atoms with Crippen molar-refractivity contribution in [1.82, 2.24) is 10.2 Å². The monoisotopic (exact) mass is 410 g/mol. The molecule has 1 aliphatic rings. The van der Waals surface area contributed by atoms with Crippen LogP contribution in [0.25, 0.3) is 0 Å². The number of hydrogen-bond donors (Lipinski definition) is 1. The number of alkyl halides is 3. The highest BCUT2D eigenvalue weighted by atomic mass is 19.4. The molecule has 1 heterocycles. The van der Waals surface area contributed by atoms with Crippen molar-refractivity contribution < 1.29 is 32.2 Å². The van der Waals surface area contributed by atoms with Crippen LogP contribution in [0.2, 0.25) is 0 Å². The van der Waals surface area contributed by atoms with Gasteiger partial charge in [0.2, 0.25) is 5.91 Å². The molecule has 0 unspecified atom stereocenters. The van der Waals surface area contributed by atoms with Gasteiger partial charge in [-0.2, -0.15) is 0 Å². The summed E-state index contributed by atoms with van der Waals surface area (Å²) in [6.07, 6.45) is -4.79. The van der Waals surface area contributed by atoms with Crippen LogP contribution in [0.4, 0.5) is 13.2 Å². The first-order valence-corrected chi connectivity index (χ1v) is 8.97. The molecule has 0 bridgehead atoms. The first-order valence-electron chi connectivity index (χ1n) is 8.97. The molecule has 6 nitrogen and oxygen atoms in total. The number of nitrogens with zero attached hydrogens (tertiary/aromatic N) is 1. The molecular weight excluding hydrogens is 389 g/mol. The summed E-state index contributed by atoms with van der Waals surface area (Å²) in [6, 6.07) is 11.3. The van der Waals surface area contributed by atoms with Crippen LogP contribution in [0, 0.1) is 0 Å². The van der Waals surface area contributed by atoms with Gasteiger partial charge in [0.15, 0.2) is 11.5 Å². The van der Waals surface area contributed by atoms with Crippen molar-refractivity contribution in [2.24, 2.45) is 0 Å². The maximum atomic E-state index is 12.5. The number of fused-ring (bicyclic) bond motifs is 1. The topological polar surface area (TPSA) is 60.0 Å². The number of nitrogens with one attached hydrogen (secondary N) is 1. The van der Waals surface area contributed by atoms with Crippen LogP contribution in [0.3, 0.4) is 0 Å². The van der Waals surface area contributed by atoms with E-state index >= 15 is 0 Å². The lowest BCUT2D eigenvalue weighted by Crippen LogP contribution is -2.34. The van der Waals surface area contributed by atoms with E-state index in [4.69, 9.17) is 9.47 Å². The van der Waals surface area contributed by atoms with Gasteiger partial charge >= 0.3 is 6.36 Å². The molecule has 0 aromatic heterocycles. The molecule has 29 heavy (non-hydrogen) atoms. The summed E-state index contributed by atoms with van der Waals surface area (Å²) < 4.78 is 52.4. The number of halogens is 3. The molecule has 0 fully saturated rings. The number of para-hydroxylation sites is 1. The molecule has 1 amide bonds. The number of benzene rings is 2. The SMILES string of the molecule is CN(CC(=O)NCc1ccccc1OC(F)(F)F)Cc1ccc2c(c1)OCCO2. The highest BCUT2D eigenvalue weighted by Crippen LogP contribution is 2.31. The molecule has 1 aliphatic heterocycles. The Labute approximate surface area is 166 Å². The fraction of sp³-hybridized carbons (Fsp3) is 0.350. The van der Waals surface area contributed by atoms with Gasteiger partial charge in [0.25, 0.3) is 0 Å². The lowest BCUT2D eigenvalue weighted by Gasteiger charge is -2.21. The Morgan fingerprint density at radius 1 is 1.14 bits per heavy atom. The van der Waals surface area contributed by atoms with Crippen molar-refractivity contribution in [3.05, 3.63) is 53.6 Å². The van der Waals surface area contributed by atoms with E-state index in [1.165, 1.54) is 18.2 Å². The predicted molar refractivity (Wildman–Crippen MR) is 98.7 cm³/mol. The summed E-state index contributed by atoms with van der Waals surface area (Å²) in [5.41, 5.74) is 1.20. The minimum absolute atomic E-state index is 0.0665. The van der Waals surface area contributed by atoms with Gasteiger partial charge in [0.05, 0.1) is 6.54 Å². The Kier molecular flexibility index (Phi) is 6.48. The Morgan fingerprint density at radius 2 is 1.86 bits per heavy atom. The number of likely N-dealkylation sites (N-methyl/N-ethyl adjacent to an activating group) is 1. The maximum absolute atomic E-state index is 12.5. The molecule has 9 heteroatoms. The zero-order valence-electron chi connectivity index (χ0n) is 15.8. The van der Waals surface area contributed by atoms with E-state index in [-0.39, 0.29) is 30.3 Å². The van der Waals surface area contributed by atoms with Gasteiger partial charge in [0.1, 0.15) is 19.0 Å². The third-order valence-electron chi connectivity index (χ3n) is 4.15. The van der Waals surface area contributed by atoms with Crippen molar-refractivity contribution in [2.45, 2.75) is 19.5 Å². The molecule has 2 aromatic carbocycles. The van der Waals surface area contributed by atoms with Gasteiger partial charge in [-0.3, -0.25) is 9.69 Å². The quantitative estimate of drug-likeness (QED) is 0.760. The third-order valence-corrected chi connectivity index (χ3v) is 4.15. The summed E-state index contributed by atoms with van der Waals surface area (Å²) in [4.78, 5) is 14.0. The number of carbonyl (C=O) groups excluding carboxylic acids is 1. The summed E-state index contributed by atoms with van der Waals surface area (Å²) in [5.74, 6) is 0.727. The number of ether oxygens (including phenoxy) is 3. The number of amides is 1. The number of hydrogen-bond acceptors (Lipinski definition) is 5. The zero-order chi connectivity index (χ0) is 20.9. The minimum Gasteiger partial charge on any atom is -0.486 e. The van der Waals surface area contributed by atoms with Crippen molar-refractivity contribution in [2.75, 3.05) is 26.8 Å². The summed E-state index contributed by atoms with van der Waals surface area (Å²) in [6.45, 7) is 1.52. The zero-order valence-corrected chi connectivity index (χ0v) is 15.8. The highest BCUT2D eigenvalue weighted by Gasteiger charge is 2.32. The van der Waals surface area contributed by atoms with Crippen LogP contribution in [-0.4, -0.2) is 44.0 Å². The van der Waals surface area contributed by atoms with E-state index in [1.807, 2.05) is 18.2 Å². The second-order valence-corrected chi connectivity index (χ2v) is 6.58. The summed E-state index contributed by atoms with van der Waals surface area (Å²) in [7, 11) is 1.77. The second kappa shape index (κ2) is 9.04. The molecule has 0 radical (unpaired) electrons. The van der Waals surface area contributed by atoms with Gasteiger partial charge < -0.3 is 19.5 Å². The predicted octanol–water partition coefficient (Wildman–Crippen LogP) is 3.10. The lowest BCUT2D eigenvalue weighted by molar-refractivity contribution is -0.274. The van der Waals surface area contributed by atoms with Gasteiger partial charge in [0, 0.05) is 18.7 Å². The summed E-state index contributed by atoms with van der Waals surface area (Å²) >= 11 is 0. The molecule has 2 aromatic rings. The van der Waals surface area contributed by atoms with E-state index in [0.29, 0.717) is 31.3 Å². The highest BCUT2D eigenvalue weighted by molar-refractivity contribution is 5.78. The molecule has 1 N–H and O–H groups in total. The van der Waals surface area contributed by atoms with Gasteiger partial charge in [-0.25, -0.2) is 0 Å². The third kappa shape index (κ3) is 6.28. The fourth-order valence-corrected chi connectivity index (χ4v) is 2.92. The Morgan fingerprint density at radius 3 is 2.62 bits per heavy atom. The van der Waals surface area contributed by atoms with Gasteiger partial charge in [-0.15, -0.1) is 13.2 Å². The minimum atomic E-state index is -4.79. The Bertz CT molecular complexity index is 858. The number of rotatable bonds is 7. The summed E-state index contributed by atoms with van der Waals surface area (Å²) in [5, 5.41) is 2.62. The van der Waals surface area contributed by atoms with Gasteiger partial charge in [-0.05, 0) is 30.8 Å². The van der Waals surface area contributed by atoms with Crippen LogP contribution in [0.1, 0.15) is 11.1 Å². The van der Waals surface area contributed by atoms with Crippen LogP contribution in [-0.2, 0) is 17.9 Å². The molecule has 156 valence electrons. The van der Waals surface area contributed by atoms with Crippen molar-refractivity contribution in [1.29, 1.82) is 0 Å². The Hall–Kier alpha value is -2.94. The molecule has 0 saturated heterocycles. The van der Waals surface area contributed by atoms with E-state index in [0.717, 1.165) is 5.56 Å². The van der Waals surface area contributed by atoms with E-state index in [1.54, 1.807) is 18.0 Å². The van der Waals surface area contributed by atoms with Crippen LogP contribution >= 0.6 is 0 Å². The van der Waals surface area contributed by atoms with Crippen molar-refractivity contribution >= 4 is 5.91 Å². The van der Waals surface area contributed by atoms with Crippen molar-refractivity contribution in [3.8, 4) is 17.2 Å². The molecular formula is C20H21F3N2O4. The molecule has 0 saturated carbocycles. The van der Waals surface area contributed by atoms with Crippen LogP contribution < -0.4 is 19.5 Å². The normalized spacial score (nSPS) is 13.3. The average Bonchev–Trinajstić information content (AvgIpc) is 2.66. The first kappa shape index (κ1) is 20.8. The largest absolute Gasteiger partial charge is 0.573 e. The Balaban J connectivity index is 1.51. The van der Waals surface area contributed by atoms with Crippen LogP contribution in [0.15, 0.2) is 42.5 Å².